The van der Waals surface area contributed by atoms with Gasteiger partial charge in [-0.2, -0.15) is 0 Å². The highest BCUT2D eigenvalue weighted by Gasteiger charge is 2.24. The lowest BCUT2D eigenvalue weighted by Gasteiger charge is -2.38. The number of phenols is 1. The van der Waals surface area contributed by atoms with Crippen molar-refractivity contribution in [2.75, 3.05) is 32.7 Å². The van der Waals surface area contributed by atoms with Crippen molar-refractivity contribution in [3.05, 3.63) is 29.8 Å². The second-order valence-electron chi connectivity index (χ2n) is 5.52. The fourth-order valence-corrected chi connectivity index (χ4v) is 2.85. The summed E-state index contributed by atoms with van der Waals surface area (Å²) >= 11 is 0. The van der Waals surface area contributed by atoms with Gasteiger partial charge in [0.1, 0.15) is 5.75 Å². The smallest absolute Gasteiger partial charge is 0.227 e. The number of hydrogen-bond acceptors (Lipinski definition) is 4. The Morgan fingerprint density at radius 3 is 2.52 bits per heavy atom. The van der Waals surface area contributed by atoms with Crippen LogP contribution in [-0.2, 0) is 11.2 Å². The van der Waals surface area contributed by atoms with E-state index in [1.807, 2.05) is 11.0 Å². The topological polar surface area (TPSA) is 69.8 Å². The molecule has 0 spiro atoms. The zero-order valence-corrected chi connectivity index (χ0v) is 12.7. The molecule has 1 saturated heterocycles. The van der Waals surface area contributed by atoms with E-state index in [9.17, 15) is 9.90 Å². The largest absolute Gasteiger partial charge is 0.508 e. The van der Waals surface area contributed by atoms with Gasteiger partial charge in [-0.25, -0.2) is 0 Å². The maximum absolute atomic E-state index is 12.3. The van der Waals surface area contributed by atoms with Crippen molar-refractivity contribution in [2.45, 2.75) is 25.8 Å². The Kier molecular flexibility index (Phi) is 5.59. The summed E-state index contributed by atoms with van der Waals surface area (Å²) in [5.41, 5.74) is 6.47. The van der Waals surface area contributed by atoms with E-state index in [-0.39, 0.29) is 18.1 Å². The van der Waals surface area contributed by atoms with Crippen molar-refractivity contribution in [1.29, 1.82) is 0 Å². The van der Waals surface area contributed by atoms with Gasteiger partial charge in [-0.05, 0) is 12.5 Å². The van der Waals surface area contributed by atoms with E-state index in [4.69, 9.17) is 5.73 Å². The average molecular weight is 291 g/mol. The maximum atomic E-state index is 12.3. The number of para-hydroxylation sites is 1. The molecule has 1 aliphatic heterocycles. The molecular weight excluding hydrogens is 266 g/mol. The van der Waals surface area contributed by atoms with Crippen LogP contribution in [0.3, 0.4) is 0 Å². The monoisotopic (exact) mass is 291 g/mol. The molecule has 5 heteroatoms. The first-order valence-electron chi connectivity index (χ1n) is 7.64. The van der Waals surface area contributed by atoms with Crippen molar-refractivity contribution >= 4 is 5.91 Å². The number of piperazine rings is 1. The normalized spacial score (nSPS) is 17.7. The van der Waals surface area contributed by atoms with Crippen LogP contribution in [0, 0.1) is 0 Å². The fraction of sp³-hybridized carbons (Fsp3) is 0.562. The highest BCUT2D eigenvalue weighted by atomic mass is 16.3. The lowest BCUT2D eigenvalue weighted by molar-refractivity contribution is -0.132. The Balaban J connectivity index is 1.87. The molecule has 5 nitrogen and oxygen atoms in total. The molecule has 3 N–H and O–H groups in total. The van der Waals surface area contributed by atoms with Crippen LogP contribution in [0.25, 0.3) is 0 Å². The predicted octanol–water partition coefficient (Wildman–Crippen LogP) is 0.816. The quantitative estimate of drug-likeness (QED) is 0.842. The third-order valence-corrected chi connectivity index (χ3v) is 4.26. The summed E-state index contributed by atoms with van der Waals surface area (Å²) in [4.78, 5) is 16.6. The molecule has 1 aromatic carbocycles. The molecule has 1 unspecified atom stereocenters. The Morgan fingerprint density at radius 2 is 1.95 bits per heavy atom. The molecule has 1 fully saturated rings. The number of carbonyl (C=O) groups excluding carboxylic acids is 1. The molecular formula is C16H25N3O2. The molecule has 1 heterocycles. The van der Waals surface area contributed by atoms with Gasteiger partial charge in [0.25, 0.3) is 0 Å². The van der Waals surface area contributed by atoms with Crippen molar-refractivity contribution in [3.8, 4) is 5.75 Å². The molecule has 116 valence electrons. The van der Waals surface area contributed by atoms with E-state index >= 15 is 0 Å². The molecule has 2 rings (SSSR count). The molecule has 1 amide bonds. The highest BCUT2D eigenvalue weighted by Crippen LogP contribution is 2.17. The number of nitrogens with zero attached hydrogens (tertiary/aromatic N) is 2. The summed E-state index contributed by atoms with van der Waals surface area (Å²) in [6.07, 6.45) is 1.31. The first kappa shape index (κ1) is 15.8. The number of hydrogen-bond donors (Lipinski definition) is 2. The van der Waals surface area contributed by atoms with E-state index in [2.05, 4.69) is 11.8 Å². The summed E-state index contributed by atoms with van der Waals surface area (Å²) in [5.74, 6) is 0.274. The average Bonchev–Trinajstić information content (AvgIpc) is 2.51. The fourth-order valence-electron chi connectivity index (χ4n) is 2.85. The zero-order valence-electron chi connectivity index (χ0n) is 12.7. The molecule has 0 radical (unpaired) electrons. The third-order valence-electron chi connectivity index (χ3n) is 4.26. The lowest BCUT2D eigenvalue weighted by Crippen LogP contribution is -2.53. The van der Waals surface area contributed by atoms with Gasteiger partial charge in [-0.15, -0.1) is 0 Å². The van der Waals surface area contributed by atoms with Crippen LogP contribution >= 0.6 is 0 Å². The number of benzene rings is 1. The minimum absolute atomic E-state index is 0.0805. The van der Waals surface area contributed by atoms with Crippen LogP contribution < -0.4 is 5.73 Å². The van der Waals surface area contributed by atoms with Gasteiger partial charge in [0.15, 0.2) is 0 Å². The van der Waals surface area contributed by atoms with E-state index in [0.717, 1.165) is 32.6 Å². The van der Waals surface area contributed by atoms with Crippen LogP contribution in [0.1, 0.15) is 18.9 Å². The lowest BCUT2D eigenvalue weighted by atomic mass is 10.1. The van der Waals surface area contributed by atoms with Gasteiger partial charge >= 0.3 is 0 Å². The van der Waals surface area contributed by atoms with E-state index in [1.165, 1.54) is 0 Å². The number of phenolic OH excluding ortho intramolecular Hbond substituents is 1. The van der Waals surface area contributed by atoms with Gasteiger partial charge in [0.2, 0.25) is 5.91 Å². The van der Waals surface area contributed by atoms with Crippen LogP contribution in [0.4, 0.5) is 0 Å². The van der Waals surface area contributed by atoms with Gasteiger partial charge in [0, 0.05) is 44.3 Å². The molecule has 1 atom stereocenters. The van der Waals surface area contributed by atoms with E-state index < -0.39 is 0 Å². The number of amides is 1. The zero-order chi connectivity index (χ0) is 15.2. The summed E-state index contributed by atoms with van der Waals surface area (Å²) in [5, 5.41) is 9.74. The van der Waals surface area contributed by atoms with Gasteiger partial charge in [0.05, 0.1) is 6.42 Å². The van der Waals surface area contributed by atoms with E-state index in [1.54, 1.807) is 18.2 Å². The number of aromatic hydroxyl groups is 1. The SMILES string of the molecule is CCC(CN)N1CCN(C(=O)Cc2ccccc2O)CC1. The summed E-state index contributed by atoms with van der Waals surface area (Å²) in [7, 11) is 0. The number of rotatable bonds is 5. The Bertz CT molecular complexity index is 466. The summed E-state index contributed by atoms with van der Waals surface area (Å²) in [6, 6.07) is 7.44. The predicted molar refractivity (Wildman–Crippen MR) is 83.1 cm³/mol. The summed E-state index contributed by atoms with van der Waals surface area (Å²) in [6.45, 7) is 6.05. The van der Waals surface area contributed by atoms with Crippen molar-refractivity contribution in [1.82, 2.24) is 9.80 Å². The Morgan fingerprint density at radius 1 is 1.29 bits per heavy atom. The highest BCUT2D eigenvalue weighted by molar-refractivity contribution is 5.79. The van der Waals surface area contributed by atoms with E-state index in [0.29, 0.717) is 18.2 Å². The molecule has 21 heavy (non-hydrogen) atoms. The first-order valence-corrected chi connectivity index (χ1v) is 7.64. The molecule has 0 aliphatic carbocycles. The standard InChI is InChI=1S/C16H25N3O2/c1-2-14(12-17)18-7-9-19(10-8-18)16(21)11-13-5-3-4-6-15(13)20/h3-6,14,20H,2,7-12,17H2,1H3. The second-order valence-corrected chi connectivity index (χ2v) is 5.52. The minimum atomic E-state index is 0.0805. The molecule has 0 aromatic heterocycles. The number of nitrogens with two attached hydrogens (primary N) is 1. The summed E-state index contributed by atoms with van der Waals surface area (Å²) < 4.78 is 0. The molecule has 0 bridgehead atoms. The number of carbonyl (C=O) groups is 1. The van der Waals surface area contributed by atoms with Crippen molar-refractivity contribution < 1.29 is 9.90 Å². The van der Waals surface area contributed by atoms with Gasteiger partial charge in [-0.1, -0.05) is 25.1 Å². The maximum Gasteiger partial charge on any atom is 0.227 e. The molecule has 0 saturated carbocycles. The molecule has 1 aromatic rings. The minimum Gasteiger partial charge on any atom is -0.508 e. The Labute approximate surface area is 126 Å². The van der Waals surface area contributed by atoms with Gasteiger partial charge < -0.3 is 15.7 Å². The third kappa shape index (κ3) is 3.95. The molecule has 1 aliphatic rings. The van der Waals surface area contributed by atoms with Crippen molar-refractivity contribution in [3.63, 3.8) is 0 Å². The second kappa shape index (κ2) is 7.43. The van der Waals surface area contributed by atoms with Crippen LogP contribution in [0.5, 0.6) is 5.75 Å². The van der Waals surface area contributed by atoms with Gasteiger partial charge in [-0.3, -0.25) is 9.69 Å². The Hall–Kier alpha value is -1.59. The van der Waals surface area contributed by atoms with Crippen molar-refractivity contribution in [2.24, 2.45) is 5.73 Å². The first-order chi connectivity index (χ1) is 10.2. The van der Waals surface area contributed by atoms with Crippen LogP contribution in [-0.4, -0.2) is 59.6 Å². The van der Waals surface area contributed by atoms with Crippen LogP contribution in [0.15, 0.2) is 24.3 Å². The van der Waals surface area contributed by atoms with Crippen LogP contribution in [0.2, 0.25) is 0 Å².